The number of nitrogens with zero attached hydrogens (tertiary/aromatic N) is 2. The Hall–Kier alpha value is -2.14. The van der Waals surface area contributed by atoms with Gasteiger partial charge in [-0.25, -0.2) is 4.98 Å². The first-order valence-corrected chi connectivity index (χ1v) is 10.2. The number of H-pyrrole nitrogens is 1. The second-order valence-electron chi connectivity index (χ2n) is 8.08. The number of carbonyl (C=O) groups is 1. The number of para-hydroxylation sites is 1. The second-order valence-corrected chi connectivity index (χ2v) is 8.08. The average Bonchev–Trinajstić information content (AvgIpc) is 3.22. The summed E-state index contributed by atoms with van der Waals surface area (Å²) in [4.78, 5) is 20.6. The van der Waals surface area contributed by atoms with Gasteiger partial charge in [0.2, 0.25) is 0 Å². The molecular formula is C22H30N3O2+. The number of fused-ring (bicyclic) bond motifs is 1. The molecule has 1 aromatic heterocycles. The Kier molecular flexibility index (Phi) is 5.04. The maximum absolute atomic E-state index is 12.6. The molecule has 1 atom stereocenters. The van der Waals surface area contributed by atoms with E-state index in [1.807, 2.05) is 4.90 Å². The van der Waals surface area contributed by atoms with Crippen molar-refractivity contribution in [3.05, 3.63) is 35.4 Å². The van der Waals surface area contributed by atoms with Crippen molar-refractivity contribution in [2.24, 2.45) is 0 Å². The van der Waals surface area contributed by atoms with Crippen LogP contribution in [0.4, 0.5) is 5.82 Å². The smallest absolute Gasteiger partial charge is 0.275 e. The molecule has 27 heavy (non-hydrogen) atoms. The summed E-state index contributed by atoms with van der Waals surface area (Å²) < 4.78 is 5.57. The van der Waals surface area contributed by atoms with E-state index in [1.165, 1.54) is 22.0 Å². The molecule has 0 saturated carbocycles. The average molecular weight is 369 g/mol. The summed E-state index contributed by atoms with van der Waals surface area (Å²) >= 11 is 0. The van der Waals surface area contributed by atoms with E-state index in [1.54, 1.807) is 0 Å². The first-order chi connectivity index (χ1) is 13.0. The summed E-state index contributed by atoms with van der Waals surface area (Å²) in [6.07, 6.45) is 1.66. The first kappa shape index (κ1) is 18.2. The summed E-state index contributed by atoms with van der Waals surface area (Å²) in [5, 5.41) is 1.29. The van der Waals surface area contributed by atoms with Gasteiger partial charge in [-0.15, -0.1) is 0 Å². The minimum atomic E-state index is -0.209. The van der Waals surface area contributed by atoms with Crippen molar-refractivity contribution in [2.75, 3.05) is 37.7 Å². The normalized spacial score (nSPS) is 20.7. The van der Waals surface area contributed by atoms with Crippen molar-refractivity contribution in [3.63, 3.8) is 0 Å². The Morgan fingerprint density at radius 3 is 2.67 bits per heavy atom. The molecule has 144 valence electrons. The fourth-order valence-electron chi connectivity index (χ4n) is 4.28. The van der Waals surface area contributed by atoms with Crippen LogP contribution in [0.25, 0.3) is 10.9 Å². The van der Waals surface area contributed by atoms with Crippen molar-refractivity contribution >= 4 is 22.6 Å². The van der Waals surface area contributed by atoms with Gasteiger partial charge >= 0.3 is 0 Å². The van der Waals surface area contributed by atoms with Gasteiger partial charge in [0.1, 0.15) is 24.7 Å². The van der Waals surface area contributed by atoms with Gasteiger partial charge in [0, 0.05) is 23.6 Å². The highest BCUT2D eigenvalue weighted by molar-refractivity contribution is 5.84. The Morgan fingerprint density at radius 1 is 1.22 bits per heavy atom. The van der Waals surface area contributed by atoms with Gasteiger partial charge in [0.15, 0.2) is 0 Å². The lowest BCUT2D eigenvalue weighted by molar-refractivity contribution is -0.331. The molecule has 5 heteroatoms. The lowest BCUT2D eigenvalue weighted by Crippen LogP contribution is -2.52. The number of anilines is 1. The third kappa shape index (κ3) is 3.53. The van der Waals surface area contributed by atoms with Gasteiger partial charge in [-0.2, -0.15) is 0 Å². The number of hydrogen-bond donors (Lipinski definition) is 0. The van der Waals surface area contributed by atoms with E-state index in [9.17, 15) is 4.79 Å². The molecule has 4 rings (SSSR count). The highest BCUT2D eigenvalue weighted by atomic mass is 16.5. The minimum Gasteiger partial charge on any atom is -0.368 e. The quantitative estimate of drug-likeness (QED) is 0.837. The number of hydrogen-bond acceptors (Lipinski definition) is 3. The van der Waals surface area contributed by atoms with E-state index in [0.29, 0.717) is 5.92 Å². The predicted molar refractivity (Wildman–Crippen MR) is 107 cm³/mol. The topological polar surface area (TPSA) is 46.9 Å². The monoisotopic (exact) mass is 368 g/mol. The summed E-state index contributed by atoms with van der Waals surface area (Å²) in [6, 6.07) is 8.79. The predicted octanol–water partition coefficient (Wildman–Crippen LogP) is 2.91. The van der Waals surface area contributed by atoms with Crippen molar-refractivity contribution in [1.29, 1.82) is 0 Å². The molecule has 2 aliphatic rings. The van der Waals surface area contributed by atoms with Crippen LogP contribution in [0.1, 0.15) is 43.7 Å². The fraction of sp³-hybridized carbons (Fsp3) is 0.545. The second kappa shape index (κ2) is 7.47. The Balaban J connectivity index is 1.53. The van der Waals surface area contributed by atoms with Crippen molar-refractivity contribution < 1.29 is 14.5 Å². The van der Waals surface area contributed by atoms with Crippen LogP contribution >= 0.6 is 0 Å². The lowest BCUT2D eigenvalue weighted by atomic mass is 9.98. The van der Waals surface area contributed by atoms with Gasteiger partial charge in [0.05, 0.1) is 13.1 Å². The number of pyridine rings is 1. The molecule has 0 bridgehead atoms. The highest BCUT2D eigenvalue weighted by Crippen LogP contribution is 2.26. The molecule has 0 radical (unpaired) electrons. The number of aromatic amines is 1. The molecule has 1 aromatic carbocycles. The zero-order valence-corrected chi connectivity index (χ0v) is 16.6. The number of ether oxygens (including phenoxy) is 1. The third-order valence-electron chi connectivity index (χ3n) is 5.89. The van der Waals surface area contributed by atoms with E-state index in [0.717, 1.165) is 51.4 Å². The molecule has 2 aliphatic heterocycles. The van der Waals surface area contributed by atoms with Crippen LogP contribution < -0.4 is 9.88 Å². The van der Waals surface area contributed by atoms with Crippen LogP contribution in [0.3, 0.4) is 0 Å². The highest BCUT2D eigenvalue weighted by Gasteiger charge is 2.32. The minimum absolute atomic E-state index is 0.174. The van der Waals surface area contributed by atoms with Gasteiger partial charge in [-0.05, 0) is 31.2 Å². The number of carbonyl (C=O) groups excluding carboxylic acids is 1. The van der Waals surface area contributed by atoms with Crippen molar-refractivity contribution in [2.45, 2.75) is 45.6 Å². The van der Waals surface area contributed by atoms with Crippen LogP contribution in [0.5, 0.6) is 0 Å². The lowest BCUT2D eigenvalue weighted by Gasteiger charge is -2.32. The molecule has 0 spiro atoms. The molecule has 3 heterocycles. The number of piperazine rings is 1. The van der Waals surface area contributed by atoms with E-state index in [-0.39, 0.29) is 12.0 Å². The molecule has 1 amide bonds. The van der Waals surface area contributed by atoms with E-state index in [4.69, 9.17) is 4.74 Å². The van der Waals surface area contributed by atoms with Gasteiger partial charge in [0.25, 0.3) is 11.7 Å². The summed E-state index contributed by atoms with van der Waals surface area (Å²) in [5.41, 5.74) is 3.88. The third-order valence-corrected chi connectivity index (χ3v) is 5.89. The molecule has 5 nitrogen and oxygen atoms in total. The standard InChI is InChI=1S/C22H29N3O2/c1-15(2)17-6-4-7-18-16(3)14-20(23-21(17)18)24-9-11-25(12-10-24)22(26)19-8-5-13-27-19/h4,6-7,14-15,19H,5,8-13H2,1-3H3/p+1/t19-/m1/s1. The van der Waals surface area contributed by atoms with Gasteiger partial charge in [-0.1, -0.05) is 32.0 Å². The molecule has 0 aliphatic carbocycles. The van der Waals surface area contributed by atoms with Crippen LogP contribution in [-0.4, -0.2) is 49.7 Å². The summed E-state index contributed by atoms with van der Waals surface area (Å²) in [6.45, 7) is 10.6. The maximum Gasteiger partial charge on any atom is 0.275 e. The molecule has 0 unspecified atom stereocenters. The molecule has 2 fully saturated rings. The first-order valence-electron chi connectivity index (χ1n) is 10.2. The Bertz CT molecular complexity index is 835. The number of amides is 1. The molecule has 2 aromatic rings. The molecular weight excluding hydrogens is 338 g/mol. The van der Waals surface area contributed by atoms with Crippen LogP contribution in [-0.2, 0) is 9.53 Å². The zero-order chi connectivity index (χ0) is 19.0. The molecule has 1 N–H and O–H groups in total. The number of benzene rings is 1. The number of aryl methyl sites for hydroxylation is 1. The molecule has 2 saturated heterocycles. The number of aromatic nitrogens is 1. The van der Waals surface area contributed by atoms with Crippen LogP contribution in [0, 0.1) is 6.92 Å². The Labute approximate surface area is 161 Å². The van der Waals surface area contributed by atoms with Crippen LogP contribution in [0.2, 0.25) is 0 Å². The van der Waals surface area contributed by atoms with E-state index >= 15 is 0 Å². The SMILES string of the molecule is Cc1cc(N2CCN(C(=O)[C@H]3CCCO3)CC2)[nH+]c2c(C(C)C)cccc12. The Morgan fingerprint density at radius 2 is 2.00 bits per heavy atom. The van der Waals surface area contributed by atoms with Crippen molar-refractivity contribution in [3.8, 4) is 0 Å². The van der Waals surface area contributed by atoms with E-state index in [2.05, 4.69) is 54.9 Å². The van der Waals surface area contributed by atoms with Gasteiger partial charge in [-0.3, -0.25) is 9.69 Å². The zero-order valence-electron chi connectivity index (χ0n) is 16.6. The fourth-order valence-corrected chi connectivity index (χ4v) is 4.28. The maximum atomic E-state index is 12.6. The number of rotatable bonds is 3. The summed E-state index contributed by atoms with van der Waals surface area (Å²) in [5.74, 6) is 1.80. The van der Waals surface area contributed by atoms with Crippen LogP contribution in [0.15, 0.2) is 24.3 Å². The number of nitrogens with one attached hydrogen (secondary N) is 1. The summed E-state index contributed by atoms with van der Waals surface area (Å²) in [7, 11) is 0. The van der Waals surface area contributed by atoms with Gasteiger partial charge < -0.3 is 9.64 Å². The van der Waals surface area contributed by atoms with Crippen molar-refractivity contribution in [1.82, 2.24) is 4.90 Å². The van der Waals surface area contributed by atoms with E-state index < -0.39 is 0 Å². The largest absolute Gasteiger partial charge is 0.368 e.